The Kier molecular flexibility index (Phi) is 5.14. The van der Waals surface area contributed by atoms with E-state index in [1.807, 2.05) is 18.2 Å². The van der Waals surface area contributed by atoms with E-state index >= 15 is 0 Å². The molecule has 0 saturated heterocycles. The zero-order valence-electron chi connectivity index (χ0n) is 13.3. The highest BCUT2D eigenvalue weighted by Crippen LogP contribution is 2.25. The molecule has 2 aromatic carbocycles. The molecule has 128 valence electrons. The molecule has 1 amide bonds. The second kappa shape index (κ2) is 7.48. The summed E-state index contributed by atoms with van der Waals surface area (Å²) < 4.78 is 24.4. The van der Waals surface area contributed by atoms with E-state index in [0.717, 1.165) is 10.0 Å². The van der Waals surface area contributed by atoms with Crippen LogP contribution in [0.3, 0.4) is 0 Å². The van der Waals surface area contributed by atoms with Crippen molar-refractivity contribution in [2.45, 2.75) is 6.54 Å². The molecule has 5 nitrogen and oxygen atoms in total. The van der Waals surface area contributed by atoms with Gasteiger partial charge in [0.05, 0.1) is 17.8 Å². The molecule has 25 heavy (non-hydrogen) atoms. The van der Waals surface area contributed by atoms with Gasteiger partial charge in [0.15, 0.2) is 0 Å². The molecule has 0 aliphatic carbocycles. The number of ether oxygens (including phenoxy) is 1. The maximum absolute atomic E-state index is 12.9. The molecule has 0 radical (unpaired) electrons. The van der Waals surface area contributed by atoms with Crippen LogP contribution < -0.4 is 10.1 Å². The number of amides is 1. The highest BCUT2D eigenvalue weighted by molar-refractivity contribution is 9.10. The fourth-order valence-electron chi connectivity index (χ4n) is 2.19. The third-order valence-electron chi connectivity index (χ3n) is 3.49. The lowest BCUT2D eigenvalue weighted by atomic mass is 10.2. The first-order chi connectivity index (χ1) is 12.1. The van der Waals surface area contributed by atoms with Crippen LogP contribution in [0.2, 0.25) is 0 Å². The van der Waals surface area contributed by atoms with Gasteiger partial charge in [0, 0.05) is 12.1 Å². The molecule has 0 spiro atoms. The smallest absolute Gasteiger partial charge is 0.288 e. The van der Waals surface area contributed by atoms with Crippen molar-refractivity contribution in [2.24, 2.45) is 0 Å². The van der Waals surface area contributed by atoms with E-state index in [-0.39, 0.29) is 23.4 Å². The average molecular weight is 405 g/mol. The Hall–Kier alpha value is -2.67. The van der Waals surface area contributed by atoms with Gasteiger partial charge in [-0.25, -0.2) is 9.37 Å². The fraction of sp³-hybridized carbons (Fsp3) is 0.111. The number of halogens is 2. The third kappa shape index (κ3) is 4.06. The highest BCUT2D eigenvalue weighted by Gasteiger charge is 2.14. The molecule has 0 bridgehead atoms. The minimum atomic E-state index is -0.382. The number of rotatable bonds is 5. The minimum absolute atomic E-state index is 0.0897. The molecule has 0 fully saturated rings. The number of carbonyl (C=O) groups is 1. The van der Waals surface area contributed by atoms with Crippen LogP contribution in [0.5, 0.6) is 5.75 Å². The number of benzene rings is 2. The average Bonchev–Trinajstić information content (AvgIpc) is 3.10. The first kappa shape index (κ1) is 17.2. The van der Waals surface area contributed by atoms with E-state index in [9.17, 15) is 9.18 Å². The van der Waals surface area contributed by atoms with Crippen molar-refractivity contribution in [3.63, 3.8) is 0 Å². The lowest BCUT2D eigenvalue weighted by molar-refractivity contribution is 0.0924. The van der Waals surface area contributed by atoms with Crippen molar-refractivity contribution in [1.29, 1.82) is 0 Å². The maximum atomic E-state index is 12.9. The molecule has 0 aliphatic rings. The summed E-state index contributed by atoms with van der Waals surface area (Å²) in [5.74, 6) is 0.338. The molecule has 0 aliphatic heterocycles. The van der Waals surface area contributed by atoms with Crippen LogP contribution >= 0.6 is 15.9 Å². The topological polar surface area (TPSA) is 64.4 Å². The van der Waals surface area contributed by atoms with Gasteiger partial charge in [-0.2, -0.15) is 0 Å². The van der Waals surface area contributed by atoms with Crippen molar-refractivity contribution >= 4 is 21.8 Å². The Labute approximate surface area is 152 Å². The summed E-state index contributed by atoms with van der Waals surface area (Å²) in [5.41, 5.74) is 1.50. The number of methoxy groups -OCH3 is 1. The Morgan fingerprint density at radius 3 is 2.72 bits per heavy atom. The summed E-state index contributed by atoms with van der Waals surface area (Å²) >= 11 is 3.40. The van der Waals surface area contributed by atoms with Gasteiger partial charge < -0.3 is 14.5 Å². The van der Waals surface area contributed by atoms with Crippen molar-refractivity contribution in [1.82, 2.24) is 10.3 Å². The van der Waals surface area contributed by atoms with Crippen LogP contribution in [0.1, 0.15) is 16.1 Å². The van der Waals surface area contributed by atoms with Gasteiger partial charge in [0.25, 0.3) is 5.91 Å². The minimum Gasteiger partial charge on any atom is -0.496 e. The van der Waals surface area contributed by atoms with Gasteiger partial charge in [0.1, 0.15) is 11.6 Å². The molecule has 0 saturated carbocycles. The molecule has 1 heterocycles. The van der Waals surface area contributed by atoms with Crippen LogP contribution in [0.4, 0.5) is 4.39 Å². The van der Waals surface area contributed by atoms with Gasteiger partial charge in [-0.15, -0.1) is 0 Å². The van der Waals surface area contributed by atoms with Crippen LogP contribution in [-0.4, -0.2) is 18.0 Å². The number of hydrogen-bond acceptors (Lipinski definition) is 4. The van der Waals surface area contributed by atoms with Gasteiger partial charge in [-0.1, -0.05) is 6.07 Å². The van der Waals surface area contributed by atoms with Crippen molar-refractivity contribution in [2.75, 3.05) is 7.11 Å². The molecule has 0 atom stereocenters. The number of hydrogen-bond donors (Lipinski definition) is 1. The van der Waals surface area contributed by atoms with Crippen LogP contribution in [-0.2, 0) is 6.54 Å². The predicted octanol–water partition coefficient (Wildman–Crippen LogP) is 4.18. The van der Waals surface area contributed by atoms with Gasteiger partial charge in [0.2, 0.25) is 11.7 Å². The fourth-order valence-corrected chi connectivity index (χ4v) is 2.78. The highest BCUT2D eigenvalue weighted by atomic mass is 79.9. The van der Waals surface area contributed by atoms with E-state index in [2.05, 4.69) is 26.2 Å². The van der Waals surface area contributed by atoms with Gasteiger partial charge in [-0.3, -0.25) is 4.79 Å². The number of aromatic nitrogens is 1. The molecule has 7 heteroatoms. The number of oxazole rings is 1. The molecule has 3 aromatic rings. The standard InChI is InChI=1S/C18H14BrFN2O3/c1-24-15-7-2-11(8-14(15)19)9-21-17(23)16-10-22-18(25-16)12-3-5-13(20)6-4-12/h2-8,10H,9H2,1H3,(H,21,23). The van der Waals surface area contributed by atoms with Crippen LogP contribution in [0, 0.1) is 5.82 Å². The Bertz CT molecular complexity index is 894. The Balaban J connectivity index is 1.66. The first-order valence-electron chi connectivity index (χ1n) is 7.39. The maximum Gasteiger partial charge on any atom is 0.288 e. The second-order valence-corrected chi connectivity index (χ2v) is 6.04. The number of carbonyl (C=O) groups excluding carboxylic acids is 1. The van der Waals surface area contributed by atoms with Crippen molar-refractivity contribution in [3.05, 3.63) is 70.3 Å². The second-order valence-electron chi connectivity index (χ2n) is 5.19. The summed E-state index contributed by atoms with van der Waals surface area (Å²) in [4.78, 5) is 16.2. The SMILES string of the molecule is COc1ccc(CNC(=O)c2cnc(-c3ccc(F)cc3)o2)cc1Br. The number of nitrogens with one attached hydrogen (secondary N) is 1. The van der Waals surface area contributed by atoms with Gasteiger partial charge in [-0.05, 0) is 57.9 Å². The Morgan fingerprint density at radius 1 is 1.28 bits per heavy atom. The zero-order valence-corrected chi connectivity index (χ0v) is 14.8. The third-order valence-corrected chi connectivity index (χ3v) is 4.11. The quantitative estimate of drug-likeness (QED) is 0.692. The van der Waals surface area contributed by atoms with E-state index in [4.69, 9.17) is 9.15 Å². The summed E-state index contributed by atoms with van der Waals surface area (Å²) in [5, 5.41) is 2.76. The van der Waals surface area contributed by atoms with Crippen molar-refractivity contribution < 1.29 is 18.3 Å². The molecule has 1 N–H and O–H groups in total. The van der Waals surface area contributed by atoms with Crippen molar-refractivity contribution in [3.8, 4) is 17.2 Å². The number of nitrogens with zero attached hydrogens (tertiary/aromatic N) is 1. The molecule has 3 rings (SSSR count). The van der Waals surface area contributed by atoms with E-state index in [1.165, 1.54) is 30.5 Å². The van der Waals surface area contributed by atoms with E-state index in [0.29, 0.717) is 17.9 Å². The summed E-state index contributed by atoms with van der Waals surface area (Å²) in [6.45, 7) is 0.327. The summed E-state index contributed by atoms with van der Waals surface area (Å²) in [6.07, 6.45) is 1.35. The molecule has 1 aromatic heterocycles. The van der Waals surface area contributed by atoms with Crippen LogP contribution in [0.25, 0.3) is 11.5 Å². The lowest BCUT2D eigenvalue weighted by Gasteiger charge is -2.07. The lowest BCUT2D eigenvalue weighted by Crippen LogP contribution is -2.22. The zero-order chi connectivity index (χ0) is 17.8. The van der Waals surface area contributed by atoms with E-state index in [1.54, 1.807) is 7.11 Å². The first-order valence-corrected chi connectivity index (χ1v) is 8.18. The largest absolute Gasteiger partial charge is 0.496 e. The molecular weight excluding hydrogens is 391 g/mol. The molecular formula is C18H14BrFN2O3. The summed E-state index contributed by atoms with van der Waals surface area (Å²) in [6, 6.07) is 11.2. The van der Waals surface area contributed by atoms with E-state index < -0.39 is 0 Å². The predicted molar refractivity (Wildman–Crippen MR) is 93.8 cm³/mol. The van der Waals surface area contributed by atoms with Gasteiger partial charge >= 0.3 is 0 Å². The monoisotopic (exact) mass is 404 g/mol. The normalized spacial score (nSPS) is 10.5. The Morgan fingerprint density at radius 2 is 2.04 bits per heavy atom. The molecule has 0 unspecified atom stereocenters. The van der Waals surface area contributed by atoms with Crippen LogP contribution in [0.15, 0.2) is 57.6 Å². The summed E-state index contributed by atoms with van der Waals surface area (Å²) in [7, 11) is 1.59.